The van der Waals surface area contributed by atoms with Crippen LogP contribution in [0, 0.1) is 12.7 Å². The monoisotopic (exact) mass is 418 g/mol. The first-order valence-corrected chi connectivity index (χ1v) is 9.38. The van der Waals surface area contributed by atoms with Gasteiger partial charge in [-0.1, -0.05) is 12.1 Å². The number of alkyl halides is 3. The summed E-state index contributed by atoms with van der Waals surface area (Å²) >= 11 is 0. The van der Waals surface area contributed by atoms with E-state index in [1.165, 1.54) is 4.90 Å². The van der Waals surface area contributed by atoms with E-state index in [9.17, 15) is 22.4 Å². The van der Waals surface area contributed by atoms with Crippen LogP contribution in [0.3, 0.4) is 0 Å². The van der Waals surface area contributed by atoms with Crippen molar-refractivity contribution in [2.45, 2.75) is 13.1 Å². The van der Waals surface area contributed by atoms with Crippen LogP contribution in [0.4, 0.5) is 23.4 Å². The summed E-state index contributed by atoms with van der Waals surface area (Å²) in [4.78, 5) is 25.2. The van der Waals surface area contributed by atoms with Crippen LogP contribution in [0.5, 0.6) is 0 Å². The van der Waals surface area contributed by atoms with Gasteiger partial charge in [-0.15, -0.1) is 0 Å². The first-order chi connectivity index (χ1) is 14.2. The standard InChI is InChI=1S/C21H18F4N4O/c1-13-19(27-18-5-3-2-4-17(18)26-13)28-8-10-29(11-9-28)20(30)15-7-6-14(22)12-16(15)21(23,24)25/h2-7,12H,8-11H2,1H3. The molecule has 1 aliphatic heterocycles. The number of rotatable bonds is 2. The number of fused-ring (bicyclic) bond motifs is 1. The average Bonchev–Trinajstić information content (AvgIpc) is 2.72. The Bertz CT molecular complexity index is 1110. The fourth-order valence-corrected chi connectivity index (χ4v) is 3.61. The van der Waals surface area contributed by atoms with E-state index in [0.29, 0.717) is 25.0 Å². The molecule has 0 bridgehead atoms. The number of benzene rings is 2. The number of nitrogens with zero attached hydrogens (tertiary/aromatic N) is 4. The molecule has 2 heterocycles. The van der Waals surface area contributed by atoms with Crippen molar-refractivity contribution >= 4 is 22.8 Å². The Morgan fingerprint density at radius 2 is 1.60 bits per heavy atom. The topological polar surface area (TPSA) is 49.3 Å². The minimum Gasteiger partial charge on any atom is -0.352 e. The van der Waals surface area contributed by atoms with Crippen molar-refractivity contribution in [3.05, 3.63) is 65.1 Å². The molecule has 0 unspecified atom stereocenters. The van der Waals surface area contributed by atoms with Crippen molar-refractivity contribution in [2.75, 3.05) is 31.1 Å². The van der Waals surface area contributed by atoms with E-state index in [0.717, 1.165) is 28.9 Å². The lowest BCUT2D eigenvalue weighted by molar-refractivity contribution is -0.138. The van der Waals surface area contributed by atoms with Gasteiger partial charge in [0.1, 0.15) is 5.82 Å². The van der Waals surface area contributed by atoms with E-state index >= 15 is 0 Å². The molecule has 1 aromatic heterocycles. The third-order valence-corrected chi connectivity index (χ3v) is 5.10. The van der Waals surface area contributed by atoms with Gasteiger partial charge in [-0.2, -0.15) is 13.2 Å². The van der Waals surface area contributed by atoms with Gasteiger partial charge in [0.05, 0.1) is 27.9 Å². The van der Waals surface area contributed by atoms with Crippen molar-refractivity contribution < 1.29 is 22.4 Å². The second kappa shape index (κ2) is 7.55. The van der Waals surface area contributed by atoms with E-state index in [1.54, 1.807) is 0 Å². The van der Waals surface area contributed by atoms with Crippen LogP contribution >= 0.6 is 0 Å². The molecule has 0 spiro atoms. The number of aryl methyl sites for hydroxylation is 1. The van der Waals surface area contributed by atoms with Crippen LogP contribution in [-0.4, -0.2) is 47.0 Å². The first-order valence-electron chi connectivity index (χ1n) is 9.38. The number of aromatic nitrogens is 2. The summed E-state index contributed by atoms with van der Waals surface area (Å²) in [6.45, 7) is 3.10. The molecule has 0 radical (unpaired) electrons. The summed E-state index contributed by atoms with van der Waals surface area (Å²) in [5.74, 6) is -1.10. The largest absolute Gasteiger partial charge is 0.417 e. The van der Waals surface area contributed by atoms with Crippen molar-refractivity contribution in [1.82, 2.24) is 14.9 Å². The molecular formula is C21H18F4N4O. The van der Waals surface area contributed by atoms with Crippen LogP contribution in [0.1, 0.15) is 21.6 Å². The molecule has 30 heavy (non-hydrogen) atoms. The van der Waals surface area contributed by atoms with Crippen molar-refractivity contribution in [3.63, 3.8) is 0 Å². The van der Waals surface area contributed by atoms with Crippen molar-refractivity contribution in [2.24, 2.45) is 0 Å². The molecule has 9 heteroatoms. The molecule has 0 N–H and O–H groups in total. The Kier molecular flexibility index (Phi) is 5.05. The number of anilines is 1. The summed E-state index contributed by atoms with van der Waals surface area (Å²) in [7, 11) is 0. The predicted molar refractivity (Wildman–Crippen MR) is 104 cm³/mol. The molecule has 2 aromatic carbocycles. The lowest BCUT2D eigenvalue weighted by atomic mass is 10.0. The summed E-state index contributed by atoms with van der Waals surface area (Å²) < 4.78 is 53.1. The zero-order chi connectivity index (χ0) is 21.5. The third-order valence-electron chi connectivity index (χ3n) is 5.10. The Balaban J connectivity index is 1.53. The number of amides is 1. The first kappa shape index (κ1) is 20.1. The Morgan fingerprint density at radius 3 is 2.23 bits per heavy atom. The molecule has 1 aliphatic rings. The maximum atomic E-state index is 13.3. The number of piperazine rings is 1. The van der Waals surface area contributed by atoms with Gasteiger partial charge in [0, 0.05) is 26.2 Å². The third kappa shape index (κ3) is 3.79. The molecule has 0 atom stereocenters. The van der Waals surface area contributed by atoms with Crippen LogP contribution < -0.4 is 4.90 Å². The quantitative estimate of drug-likeness (QED) is 0.589. The molecule has 3 aromatic rings. The fourth-order valence-electron chi connectivity index (χ4n) is 3.61. The zero-order valence-corrected chi connectivity index (χ0v) is 16.1. The summed E-state index contributed by atoms with van der Waals surface area (Å²) in [5.41, 5.74) is 0.470. The Hall–Kier alpha value is -3.23. The summed E-state index contributed by atoms with van der Waals surface area (Å²) in [5, 5.41) is 0. The minimum absolute atomic E-state index is 0.224. The van der Waals surface area contributed by atoms with Gasteiger partial charge >= 0.3 is 6.18 Å². The normalized spacial score (nSPS) is 15.0. The van der Waals surface area contributed by atoms with Crippen LogP contribution in [0.15, 0.2) is 42.5 Å². The highest BCUT2D eigenvalue weighted by molar-refractivity contribution is 5.96. The van der Waals surface area contributed by atoms with E-state index in [-0.39, 0.29) is 13.1 Å². The van der Waals surface area contributed by atoms with Gasteiger partial charge in [-0.05, 0) is 37.3 Å². The van der Waals surface area contributed by atoms with Crippen LogP contribution in [-0.2, 0) is 6.18 Å². The van der Waals surface area contributed by atoms with Gasteiger partial charge in [0.2, 0.25) is 0 Å². The molecule has 5 nitrogen and oxygen atoms in total. The number of hydrogen-bond donors (Lipinski definition) is 0. The summed E-state index contributed by atoms with van der Waals surface area (Å²) in [6.07, 6.45) is -4.81. The molecule has 1 amide bonds. The molecular weight excluding hydrogens is 400 g/mol. The van der Waals surface area contributed by atoms with E-state index < -0.39 is 29.0 Å². The number of hydrogen-bond acceptors (Lipinski definition) is 4. The van der Waals surface area contributed by atoms with Gasteiger partial charge in [-0.25, -0.2) is 14.4 Å². The van der Waals surface area contributed by atoms with E-state index in [2.05, 4.69) is 9.97 Å². The molecule has 4 rings (SSSR count). The number of halogens is 4. The fraction of sp³-hybridized carbons (Fsp3) is 0.286. The van der Waals surface area contributed by atoms with E-state index in [4.69, 9.17) is 0 Å². The van der Waals surface area contributed by atoms with Crippen molar-refractivity contribution in [3.8, 4) is 0 Å². The molecule has 0 aliphatic carbocycles. The molecule has 156 valence electrons. The van der Waals surface area contributed by atoms with Crippen LogP contribution in [0.2, 0.25) is 0 Å². The van der Waals surface area contributed by atoms with Crippen LogP contribution in [0.25, 0.3) is 11.0 Å². The number of para-hydroxylation sites is 2. The minimum atomic E-state index is -4.81. The van der Waals surface area contributed by atoms with Crippen molar-refractivity contribution in [1.29, 1.82) is 0 Å². The maximum absolute atomic E-state index is 13.3. The molecule has 1 saturated heterocycles. The predicted octanol–water partition coefficient (Wildman–Crippen LogP) is 4.06. The SMILES string of the molecule is Cc1nc2ccccc2nc1N1CCN(C(=O)c2ccc(F)cc2C(F)(F)F)CC1. The van der Waals surface area contributed by atoms with Gasteiger partial charge in [0.15, 0.2) is 5.82 Å². The highest BCUT2D eigenvalue weighted by Gasteiger charge is 2.37. The number of carbonyl (C=O) groups excluding carboxylic acids is 1. The average molecular weight is 418 g/mol. The van der Waals surface area contributed by atoms with Gasteiger partial charge < -0.3 is 9.80 Å². The van der Waals surface area contributed by atoms with Gasteiger partial charge in [0.25, 0.3) is 5.91 Å². The summed E-state index contributed by atoms with van der Waals surface area (Å²) in [6, 6.07) is 9.60. The molecule has 0 saturated carbocycles. The Labute approximate surface area is 170 Å². The lowest BCUT2D eigenvalue weighted by Gasteiger charge is -2.36. The van der Waals surface area contributed by atoms with Gasteiger partial charge in [-0.3, -0.25) is 4.79 Å². The number of carbonyl (C=O) groups is 1. The second-order valence-electron chi connectivity index (χ2n) is 7.09. The highest BCUT2D eigenvalue weighted by atomic mass is 19.4. The second-order valence-corrected chi connectivity index (χ2v) is 7.09. The smallest absolute Gasteiger partial charge is 0.352 e. The lowest BCUT2D eigenvalue weighted by Crippen LogP contribution is -2.49. The maximum Gasteiger partial charge on any atom is 0.417 e. The Morgan fingerprint density at radius 1 is 0.967 bits per heavy atom. The van der Waals surface area contributed by atoms with E-state index in [1.807, 2.05) is 36.1 Å². The zero-order valence-electron chi connectivity index (χ0n) is 16.1. The molecule has 1 fully saturated rings. The highest BCUT2D eigenvalue weighted by Crippen LogP contribution is 2.33.